The molecule has 0 spiro atoms. The molecular weight excluding hydrogens is 230 g/mol. The fourth-order valence-corrected chi connectivity index (χ4v) is 2.27. The number of rotatable bonds is 5. The summed E-state index contributed by atoms with van der Waals surface area (Å²) in [7, 11) is 1.60. The van der Waals surface area contributed by atoms with Crippen LogP contribution in [-0.4, -0.2) is 35.8 Å². The number of anilines is 1. The van der Waals surface area contributed by atoms with E-state index in [2.05, 4.69) is 29.1 Å². The third-order valence-electron chi connectivity index (χ3n) is 3.71. The molecule has 0 aliphatic heterocycles. The summed E-state index contributed by atoms with van der Waals surface area (Å²) < 4.78 is 10.7. The Morgan fingerprint density at radius 2 is 2.06 bits per heavy atom. The largest absolute Gasteiger partial charge is 0.494 e. The summed E-state index contributed by atoms with van der Waals surface area (Å²) in [5.41, 5.74) is 0.110. The predicted octanol–water partition coefficient (Wildman–Crippen LogP) is 2.10. The topological polar surface area (TPSA) is 56.3 Å². The van der Waals surface area contributed by atoms with Crippen molar-refractivity contribution in [2.75, 3.05) is 19.0 Å². The van der Waals surface area contributed by atoms with Gasteiger partial charge in [0, 0.05) is 18.1 Å². The van der Waals surface area contributed by atoms with E-state index < -0.39 is 0 Å². The molecule has 1 aromatic heterocycles. The zero-order valence-electron chi connectivity index (χ0n) is 11.4. The summed E-state index contributed by atoms with van der Waals surface area (Å²) in [6, 6.07) is 0.349. The number of nitrogens with one attached hydrogen (secondary N) is 1. The van der Waals surface area contributed by atoms with Crippen molar-refractivity contribution in [3.05, 3.63) is 12.4 Å². The first-order chi connectivity index (χ1) is 8.57. The van der Waals surface area contributed by atoms with Gasteiger partial charge in [-0.15, -0.1) is 0 Å². The maximum absolute atomic E-state index is 5.70. The molecule has 2 rings (SSSR count). The average molecular weight is 251 g/mol. The van der Waals surface area contributed by atoms with E-state index in [9.17, 15) is 0 Å². The van der Waals surface area contributed by atoms with Crippen molar-refractivity contribution in [3.63, 3.8) is 0 Å². The lowest BCUT2D eigenvalue weighted by Gasteiger charge is -2.51. The highest BCUT2D eigenvalue weighted by Crippen LogP contribution is 2.43. The van der Waals surface area contributed by atoms with Gasteiger partial charge in [-0.1, -0.05) is 13.8 Å². The summed E-state index contributed by atoms with van der Waals surface area (Å²) in [5.74, 6) is 1.31. The van der Waals surface area contributed by atoms with Crippen LogP contribution in [0.4, 0.5) is 5.95 Å². The second-order valence-electron chi connectivity index (χ2n) is 5.14. The van der Waals surface area contributed by atoms with E-state index in [-0.39, 0.29) is 5.41 Å². The molecule has 1 aliphatic carbocycles. The Hall–Kier alpha value is -1.36. The Labute approximate surface area is 108 Å². The number of hydrogen-bond donors (Lipinski definition) is 1. The number of nitrogens with zero attached hydrogens (tertiary/aromatic N) is 2. The molecule has 2 unspecified atom stereocenters. The van der Waals surface area contributed by atoms with Gasteiger partial charge in [0.05, 0.1) is 25.6 Å². The second-order valence-corrected chi connectivity index (χ2v) is 5.14. The van der Waals surface area contributed by atoms with Crippen molar-refractivity contribution in [3.8, 4) is 5.75 Å². The molecule has 5 nitrogen and oxygen atoms in total. The molecule has 1 N–H and O–H groups in total. The number of hydrogen-bond acceptors (Lipinski definition) is 5. The standard InChI is InChI=1S/C13H21N3O2/c1-5-18-11-6-10(13(11,2)3)16-12-14-7-9(17-4)8-15-12/h7-8,10-11H,5-6H2,1-4H3,(H,14,15,16). The van der Waals surface area contributed by atoms with Crippen LogP contribution < -0.4 is 10.1 Å². The smallest absolute Gasteiger partial charge is 0.223 e. The average Bonchev–Trinajstić information content (AvgIpc) is 2.38. The number of methoxy groups -OCH3 is 1. The van der Waals surface area contributed by atoms with E-state index in [0.29, 0.717) is 23.8 Å². The molecule has 1 saturated carbocycles. The summed E-state index contributed by atoms with van der Waals surface area (Å²) in [6.45, 7) is 7.21. The molecule has 0 bridgehead atoms. The van der Waals surface area contributed by atoms with Crippen molar-refractivity contribution in [1.29, 1.82) is 0 Å². The highest BCUT2D eigenvalue weighted by Gasteiger charge is 2.49. The van der Waals surface area contributed by atoms with E-state index in [4.69, 9.17) is 9.47 Å². The number of aromatic nitrogens is 2. The maximum Gasteiger partial charge on any atom is 0.223 e. The first kappa shape index (κ1) is 13.1. The quantitative estimate of drug-likeness (QED) is 0.868. The van der Waals surface area contributed by atoms with Crippen molar-refractivity contribution in [1.82, 2.24) is 9.97 Å². The monoisotopic (exact) mass is 251 g/mol. The van der Waals surface area contributed by atoms with E-state index in [1.165, 1.54) is 0 Å². The molecule has 100 valence electrons. The summed E-state index contributed by atoms with van der Waals surface area (Å²) in [6.07, 6.45) is 4.65. The molecule has 1 aliphatic rings. The van der Waals surface area contributed by atoms with Crippen LogP contribution in [0.2, 0.25) is 0 Å². The first-order valence-electron chi connectivity index (χ1n) is 6.32. The van der Waals surface area contributed by atoms with Gasteiger partial charge in [-0.25, -0.2) is 9.97 Å². The van der Waals surface area contributed by atoms with Crippen LogP contribution >= 0.6 is 0 Å². The van der Waals surface area contributed by atoms with Crippen LogP contribution in [-0.2, 0) is 4.74 Å². The Morgan fingerprint density at radius 3 is 2.56 bits per heavy atom. The van der Waals surface area contributed by atoms with E-state index in [0.717, 1.165) is 13.0 Å². The third kappa shape index (κ3) is 2.41. The van der Waals surface area contributed by atoms with Gasteiger partial charge in [0.2, 0.25) is 5.95 Å². The normalized spacial score (nSPS) is 25.3. The maximum atomic E-state index is 5.70. The van der Waals surface area contributed by atoms with E-state index >= 15 is 0 Å². The van der Waals surface area contributed by atoms with Crippen LogP contribution in [0.15, 0.2) is 12.4 Å². The van der Waals surface area contributed by atoms with Crippen LogP contribution in [0, 0.1) is 5.41 Å². The molecule has 2 atom stereocenters. The van der Waals surface area contributed by atoms with Crippen molar-refractivity contribution in [2.45, 2.75) is 39.3 Å². The van der Waals surface area contributed by atoms with Gasteiger partial charge in [-0.05, 0) is 13.3 Å². The molecule has 0 saturated heterocycles. The number of ether oxygens (including phenoxy) is 2. The zero-order valence-corrected chi connectivity index (χ0v) is 11.4. The van der Waals surface area contributed by atoms with Crippen LogP contribution in [0.25, 0.3) is 0 Å². The predicted molar refractivity (Wildman–Crippen MR) is 69.8 cm³/mol. The second kappa shape index (κ2) is 5.10. The van der Waals surface area contributed by atoms with Gasteiger partial charge in [0.25, 0.3) is 0 Å². The van der Waals surface area contributed by atoms with Gasteiger partial charge in [-0.2, -0.15) is 0 Å². The minimum Gasteiger partial charge on any atom is -0.494 e. The molecule has 5 heteroatoms. The highest BCUT2D eigenvalue weighted by atomic mass is 16.5. The molecule has 0 amide bonds. The van der Waals surface area contributed by atoms with Crippen molar-refractivity contribution >= 4 is 5.95 Å². The van der Waals surface area contributed by atoms with Crippen LogP contribution in [0.3, 0.4) is 0 Å². The van der Waals surface area contributed by atoms with Gasteiger partial charge in [0.1, 0.15) is 0 Å². The molecule has 1 fully saturated rings. The summed E-state index contributed by atoms with van der Waals surface area (Å²) in [5, 5.41) is 3.35. The van der Waals surface area contributed by atoms with Crippen molar-refractivity contribution < 1.29 is 9.47 Å². The van der Waals surface area contributed by atoms with Gasteiger partial charge in [0.15, 0.2) is 5.75 Å². The van der Waals surface area contributed by atoms with E-state index in [1.807, 2.05) is 6.92 Å². The van der Waals surface area contributed by atoms with Crippen LogP contribution in [0.5, 0.6) is 5.75 Å². The Morgan fingerprint density at radius 1 is 1.39 bits per heavy atom. The fourth-order valence-electron chi connectivity index (χ4n) is 2.27. The SMILES string of the molecule is CCOC1CC(Nc2ncc(OC)cn2)C1(C)C. The first-order valence-corrected chi connectivity index (χ1v) is 6.32. The van der Waals surface area contributed by atoms with Gasteiger partial charge >= 0.3 is 0 Å². The fraction of sp³-hybridized carbons (Fsp3) is 0.692. The minimum absolute atomic E-state index is 0.110. The summed E-state index contributed by atoms with van der Waals surface area (Å²) >= 11 is 0. The lowest BCUT2D eigenvalue weighted by atomic mass is 9.64. The third-order valence-corrected chi connectivity index (χ3v) is 3.71. The van der Waals surface area contributed by atoms with Gasteiger partial charge < -0.3 is 14.8 Å². The zero-order chi connectivity index (χ0) is 13.2. The van der Waals surface area contributed by atoms with Crippen LogP contribution in [0.1, 0.15) is 27.2 Å². The molecule has 18 heavy (non-hydrogen) atoms. The van der Waals surface area contributed by atoms with E-state index in [1.54, 1.807) is 19.5 Å². The Balaban J connectivity index is 1.94. The molecule has 0 aromatic carbocycles. The lowest BCUT2D eigenvalue weighted by Crippen LogP contribution is -2.58. The summed E-state index contributed by atoms with van der Waals surface area (Å²) in [4.78, 5) is 8.44. The lowest BCUT2D eigenvalue weighted by molar-refractivity contribution is -0.0977. The van der Waals surface area contributed by atoms with Gasteiger partial charge in [-0.3, -0.25) is 0 Å². The minimum atomic E-state index is 0.110. The molecule has 0 radical (unpaired) electrons. The Kier molecular flexibility index (Phi) is 3.71. The molecule has 1 heterocycles. The highest BCUT2D eigenvalue weighted by molar-refractivity contribution is 5.31. The molecule has 1 aromatic rings. The Bertz CT molecular complexity index is 392. The van der Waals surface area contributed by atoms with Crippen molar-refractivity contribution in [2.24, 2.45) is 5.41 Å². The molecular formula is C13H21N3O2.